The molecular formula is C22H25N3O5. The van der Waals surface area contributed by atoms with Crippen molar-refractivity contribution in [3.05, 3.63) is 54.4 Å². The summed E-state index contributed by atoms with van der Waals surface area (Å²) in [6.45, 7) is 0.715. The summed E-state index contributed by atoms with van der Waals surface area (Å²) in [5.41, 5.74) is 0.707. The SMILES string of the molecule is COc1ccc(-c2nnc(CN(C)C(=O)CCCOc3ccccc3)o2)cc1OC. The topological polar surface area (TPSA) is 86.9 Å². The van der Waals surface area contributed by atoms with Crippen LogP contribution in [0.4, 0.5) is 0 Å². The Bertz CT molecular complexity index is 958. The fourth-order valence-corrected chi connectivity index (χ4v) is 2.82. The Hall–Kier alpha value is -3.55. The number of carbonyl (C=O) groups is 1. The van der Waals surface area contributed by atoms with Gasteiger partial charge in [0.2, 0.25) is 17.7 Å². The summed E-state index contributed by atoms with van der Waals surface area (Å²) in [5, 5.41) is 8.11. The molecule has 0 radical (unpaired) electrons. The lowest BCUT2D eigenvalue weighted by atomic mass is 10.2. The summed E-state index contributed by atoms with van der Waals surface area (Å²) in [5.74, 6) is 2.67. The lowest BCUT2D eigenvalue weighted by molar-refractivity contribution is -0.130. The normalized spacial score (nSPS) is 10.5. The van der Waals surface area contributed by atoms with Crippen LogP contribution < -0.4 is 14.2 Å². The summed E-state index contributed by atoms with van der Waals surface area (Å²) >= 11 is 0. The lowest BCUT2D eigenvalue weighted by Crippen LogP contribution is -2.26. The van der Waals surface area contributed by atoms with Gasteiger partial charge in [-0.2, -0.15) is 0 Å². The first-order valence-corrected chi connectivity index (χ1v) is 9.57. The Kier molecular flexibility index (Phi) is 7.26. The second-order valence-corrected chi connectivity index (χ2v) is 6.59. The molecule has 0 fully saturated rings. The number of methoxy groups -OCH3 is 2. The van der Waals surface area contributed by atoms with Gasteiger partial charge in [0, 0.05) is 19.0 Å². The van der Waals surface area contributed by atoms with Crippen LogP contribution in [-0.4, -0.2) is 48.9 Å². The first-order valence-electron chi connectivity index (χ1n) is 9.57. The van der Waals surface area contributed by atoms with Gasteiger partial charge in [-0.3, -0.25) is 4.79 Å². The molecule has 30 heavy (non-hydrogen) atoms. The van der Waals surface area contributed by atoms with Gasteiger partial charge in [0.25, 0.3) is 0 Å². The summed E-state index contributed by atoms with van der Waals surface area (Å²) < 4.78 is 21.9. The third-order valence-corrected chi connectivity index (χ3v) is 4.44. The van der Waals surface area contributed by atoms with Gasteiger partial charge in [-0.05, 0) is 36.8 Å². The van der Waals surface area contributed by atoms with Crippen LogP contribution in [0.2, 0.25) is 0 Å². The van der Waals surface area contributed by atoms with Crippen LogP contribution in [-0.2, 0) is 11.3 Å². The van der Waals surface area contributed by atoms with Gasteiger partial charge in [0.1, 0.15) is 5.75 Å². The maximum atomic E-state index is 12.3. The van der Waals surface area contributed by atoms with Crippen LogP contribution >= 0.6 is 0 Å². The molecule has 0 spiro atoms. The molecule has 0 aliphatic heterocycles. The third-order valence-electron chi connectivity index (χ3n) is 4.44. The van der Waals surface area contributed by atoms with E-state index in [0.29, 0.717) is 48.3 Å². The molecule has 3 aromatic rings. The van der Waals surface area contributed by atoms with Crippen molar-refractivity contribution in [1.82, 2.24) is 15.1 Å². The van der Waals surface area contributed by atoms with Gasteiger partial charge in [-0.25, -0.2) is 0 Å². The highest BCUT2D eigenvalue weighted by Gasteiger charge is 2.16. The van der Waals surface area contributed by atoms with Crippen LogP contribution in [0, 0.1) is 0 Å². The molecule has 0 unspecified atom stereocenters. The van der Waals surface area contributed by atoms with Gasteiger partial charge in [-0.15, -0.1) is 10.2 Å². The van der Waals surface area contributed by atoms with Crippen molar-refractivity contribution in [3.8, 4) is 28.7 Å². The number of ether oxygens (including phenoxy) is 3. The quantitative estimate of drug-likeness (QED) is 0.471. The molecule has 0 saturated carbocycles. The van der Waals surface area contributed by atoms with Crippen LogP contribution in [0.1, 0.15) is 18.7 Å². The largest absolute Gasteiger partial charge is 0.494 e. The molecule has 1 heterocycles. The monoisotopic (exact) mass is 411 g/mol. The minimum Gasteiger partial charge on any atom is -0.494 e. The van der Waals surface area contributed by atoms with E-state index in [-0.39, 0.29) is 12.5 Å². The molecule has 3 rings (SSSR count). The summed E-state index contributed by atoms with van der Waals surface area (Å²) in [4.78, 5) is 13.9. The van der Waals surface area contributed by atoms with E-state index in [2.05, 4.69) is 10.2 Å². The van der Waals surface area contributed by atoms with E-state index in [4.69, 9.17) is 18.6 Å². The van der Waals surface area contributed by atoms with E-state index in [9.17, 15) is 4.79 Å². The highest BCUT2D eigenvalue weighted by molar-refractivity contribution is 5.75. The number of aromatic nitrogens is 2. The third kappa shape index (κ3) is 5.50. The molecule has 0 aliphatic rings. The number of carbonyl (C=O) groups excluding carboxylic acids is 1. The second kappa shape index (κ2) is 10.3. The zero-order chi connectivity index (χ0) is 21.3. The number of benzene rings is 2. The Morgan fingerprint density at radius 3 is 2.53 bits per heavy atom. The Morgan fingerprint density at radius 2 is 1.80 bits per heavy atom. The first-order chi connectivity index (χ1) is 14.6. The Morgan fingerprint density at radius 1 is 1.03 bits per heavy atom. The molecule has 8 nitrogen and oxygen atoms in total. The lowest BCUT2D eigenvalue weighted by Gasteiger charge is -2.14. The maximum Gasteiger partial charge on any atom is 0.247 e. The number of hydrogen-bond donors (Lipinski definition) is 0. The fourth-order valence-electron chi connectivity index (χ4n) is 2.82. The van der Waals surface area contributed by atoms with Crippen molar-refractivity contribution in [2.24, 2.45) is 0 Å². The molecule has 158 valence electrons. The predicted octanol–water partition coefficient (Wildman–Crippen LogP) is 3.57. The van der Waals surface area contributed by atoms with E-state index >= 15 is 0 Å². The van der Waals surface area contributed by atoms with Crippen LogP contribution in [0.5, 0.6) is 17.2 Å². The standard InChI is InChI=1S/C22H25N3O5/c1-25(21(26)10-7-13-29-17-8-5-4-6-9-17)15-20-23-24-22(30-20)16-11-12-18(27-2)19(14-16)28-3/h4-6,8-9,11-12,14H,7,10,13,15H2,1-3H3. The average molecular weight is 411 g/mol. The van der Waals surface area contributed by atoms with Gasteiger partial charge in [0.05, 0.1) is 27.4 Å². The smallest absolute Gasteiger partial charge is 0.247 e. The van der Waals surface area contributed by atoms with E-state index in [0.717, 1.165) is 5.75 Å². The minimum absolute atomic E-state index is 0.0162. The van der Waals surface area contributed by atoms with Gasteiger partial charge in [0.15, 0.2) is 11.5 Å². The molecule has 0 N–H and O–H groups in total. The van der Waals surface area contributed by atoms with E-state index in [1.165, 1.54) is 0 Å². The highest BCUT2D eigenvalue weighted by atomic mass is 16.5. The van der Waals surface area contributed by atoms with Crippen molar-refractivity contribution in [1.29, 1.82) is 0 Å². The molecule has 0 bridgehead atoms. The number of rotatable bonds is 10. The number of nitrogens with zero attached hydrogens (tertiary/aromatic N) is 3. The molecule has 8 heteroatoms. The molecule has 1 aromatic heterocycles. The molecule has 0 aliphatic carbocycles. The average Bonchev–Trinajstić information content (AvgIpc) is 3.25. The number of para-hydroxylation sites is 1. The van der Waals surface area contributed by atoms with Crippen LogP contribution in [0.3, 0.4) is 0 Å². The minimum atomic E-state index is -0.0162. The Labute approximate surface area is 175 Å². The number of hydrogen-bond acceptors (Lipinski definition) is 7. The van der Waals surface area contributed by atoms with Crippen LogP contribution in [0.15, 0.2) is 52.9 Å². The molecular weight excluding hydrogens is 386 g/mol. The molecule has 2 aromatic carbocycles. The molecule has 0 atom stereocenters. The van der Waals surface area contributed by atoms with Crippen molar-refractivity contribution >= 4 is 5.91 Å². The highest BCUT2D eigenvalue weighted by Crippen LogP contribution is 2.31. The van der Waals surface area contributed by atoms with Gasteiger partial charge >= 0.3 is 0 Å². The zero-order valence-electron chi connectivity index (χ0n) is 17.3. The van der Waals surface area contributed by atoms with Crippen molar-refractivity contribution in [3.63, 3.8) is 0 Å². The van der Waals surface area contributed by atoms with E-state index < -0.39 is 0 Å². The van der Waals surface area contributed by atoms with Gasteiger partial charge < -0.3 is 23.5 Å². The van der Waals surface area contributed by atoms with Crippen molar-refractivity contribution in [2.75, 3.05) is 27.9 Å². The second-order valence-electron chi connectivity index (χ2n) is 6.59. The predicted molar refractivity (Wildman–Crippen MR) is 110 cm³/mol. The molecule has 1 amide bonds. The van der Waals surface area contributed by atoms with Crippen LogP contribution in [0.25, 0.3) is 11.5 Å². The molecule has 0 saturated heterocycles. The first kappa shape index (κ1) is 21.2. The summed E-state index contributed by atoms with van der Waals surface area (Å²) in [6, 6.07) is 14.9. The van der Waals surface area contributed by atoms with Crippen molar-refractivity contribution in [2.45, 2.75) is 19.4 Å². The van der Waals surface area contributed by atoms with E-state index in [1.54, 1.807) is 44.4 Å². The van der Waals surface area contributed by atoms with E-state index in [1.807, 2.05) is 30.3 Å². The fraction of sp³-hybridized carbons (Fsp3) is 0.318. The number of amides is 1. The summed E-state index contributed by atoms with van der Waals surface area (Å²) in [6.07, 6.45) is 0.999. The summed E-state index contributed by atoms with van der Waals surface area (Å²) in [7, 11) is 4.84. The van der Waals surface area contributed by atoms with Gasteiger partial charge in [-0.1, -0.05) is 18.2 Å². The maximum absolute atomic E-state index is 12.3. The Balaban J connectivity index is 1.50. The zero-order valence-corrected chi connectivity index (χ0v) is 17.3. The van der Waals surface area contributed by atoms with Crippen molar-refractivity contribution < 1.29 is 23.4 Å².